The molecule has 0 radical (unpaired) electrons. The van der Waals surface area contributed by atoms with E-state index in [-0.39, 0.29) is 35.1 Å². The first kappa shape index (κ1) is 43.3. The molecular formula is C36H50O12. The van der Waals surface area contributed by atoms with E-state index in [0.29, 0.717) is 26.4 Å². The highest BCUT2D eigenvalue weighted by Gasteiger charge is 2.19. The van der Waals surface area contributed by atoms with Gasteiger partial charge < -0.3 is 29.2 Å². The van der Waals surface area contributed by atoms with Gasteiger partial charge in [0.2, 0.25) is 0 Å². The van der Waals surface area contributed by atoms with Crippen molar-refractivity contribution < 1.29 is 57.9 Å². The van der Waals surface area contributed by atoms with Gasteiger partial charge in [-0.1, -0.05) is 77.6 Å². The Morgan fingerprint density at radius 2 is 0.646 bits per heavy atom. The fourth-order valence-electron chi connectivity index (χ4n) is 3.44. The lowest BCUT2D eigenvalue weighted by Gasteiger charge is -2.09. The fourth-order valence-corrected chi connectivity index (χ4v) is 3.44. The van der Waals surface area contributed by atoms with Crippen molar-refractivity contribution in [2.45, 2.75) is 91.9 Å². The molecule has 12 heteroatoms. The van der Waals surface area contributed by atoms with Crippen molar-refractivity contribution in [2.24, 2.45) is 0 Å². The summed E-state index contributed by atoms with van der Waals surface area (Å²) in [7, 11) is 0. The molecule has 0 unspecified atom stereocenters. The summed E-state index contributed by atoms with van der Waals surface area (Å²) < 4.78 is 20.6. The Hall–Kier alpha value is -4.74. The van der Waals surface area contributed by atoms with E-state index >= 15 is 0 Å². The lowest BCUT2D eigenvalue weighted by atomic mass is 10.1. The van der Waals surface area contributed by atoms with Crippen LogP contribution in [0.4, 0.5) is 0 Å². The van der Waals surface area contributed by atoms with E-state index in [2.05, 4.69) is 0 Å². The van der Waals surface area contributed by atoms with E-state index < -0.39 is 35.8 Å². The summed E-state index contributed by atoms with van der Waals surface area (Å²) in [6.07, 6.45) is 6.47. The summed E-state index contributed by atoms with van der Waals surface area (Å²) >= 11 is 0. The maximum Gasteiger partial charge on any atom is 0.339 e. The summed E-state index contributed by atoms with van der Waals surface area (Å²) in [5.74, 6) is -4.04. The Kier molecular flexibility index (Phi) is 24.7. The molecular weight excluding hydrogens is 624 g/mol. The van der Waals surface area contributed by atoms with Crippen LogP contribution in [-0.2, 0) is 28.5 Å². The third-order valence-electron chi connectivity index (χ3n) is 6.21. The second-order valence-corrected chi connectivity index (χ2v) is 10.3. The molecule has 12 nitrogen and oxygen atoms in total. The average molecular weight is 675 g/mol. The number of carbonyl (C=O) groups is 6. The van der Waals surface area contributed by atoms with E-state index in [1.54, 1.807) is 48.5 Å². The van der Waals surface area contributed by atoms with Crippen molar-refractivity contribution in [1.29, 1.82) is 0 Å². The van der Waals surface area contributed by atoms with Gasteiger partial charge in [0.15, 0.2) is 0 Å². The molecule has 0 amide bonds. The van der Waals surface area contributed by atoms with Gasteiger partial charge in [0, 0.05) is 0 Å². The van der Waals surface area contributed by atoms with Crippen LogP contribution in [0.2, 0.25) is 0 Å². The number of esters is 4. The number of carbonyl (C=O) groups excluding carboxylic acids is 4. The topological polar surface area (TPSA) is 180 Å². The van der Waals surface area contributed by atoms with Gasteiger partial charge in [-0.05, 0) is 49.9 Å². The zero-order valence-corrected chi connectivity index (χ0v) is 28.5. The highest BCUT2D eigenvalue weighted by molar-refractivity contribution is 6.03. The highest BCUT2D eigenvalue weighted by Crippen LogP contribution is 2.14. The normalized spacial score (nSPS) is 9.83. The van der Waals surface area contributed by atoms with Crippen LogP contribution in [0.5, 0.6) is 0 Å². The lowest BCUT2D eigenvalue weighted by molar-refractivity contribution is -0.143. The number of ether oxygens (including phenoxy) is 4. The number of rotatable bonds is 19. The van der Waals surface area contributed by atoms with Crippen molar-refractivity contribution in [3.05, 3.63) is 70.8 Å². The van der Waals surface area contributed by atoms with E-state index in [9.17, 15) is 28.8 Å². The molecule has 0 aliphatic carbocycles. The molecule has 0 spiro atoms. The maximum absolute atomic E-state index is 11.9. The van der Waals surface area contributed by atoms with Gasteiger partial charge in [0.25, 0.3) is 0 Å². The Labute approximate surface area is 282 Å². The molecule has 0 heterocycles. The molecule has 0 fully saturated rings. The third kappa shape index (κ3) is 19.7. The molecule has 2 aromatic rings. The van der Waals surface area contributed by atoms with Gasteiger partial charge in [-0.15, -0.1) is 0 Å². The number of hydrogen-bond donors (Lipinski definition) is 2. The molecule has 2 N–H and O–H groups in total. The SMILES string of the molecule is CCCCOC(=O)c1ccccc1C(=O)OCCCC.CCCCOC(=O)c1ccccc1C(=O)OCCCC.O=C(O)CCC(=O)O. The number of aliphatic carboxylic acids is 2. The summed E-state index contributed by atoms with van der Waals surface area (Å²) in [4.78, 5) is 67.1. The van der Waals surface area contributed by atoms with E-state index in [4.69, 9.17) is 29.2 Å². The minimum atomic E-state index is -1.08. The molecule has 0 aromatic heterocycles. The van der Waals surface area contributed by atoms with Gasteiger partial charge in [-0.2, -0.15) is 0 Å². The fraction of sp³-hybridized carbons (Fsp3) is 0.500. The smallest absolute Gasteiger partial charge is 0.339 e. The highest BCUT2D eigenvalue weighted by atomic mass is 16.5. The van der Waals surface area contributed by atoms with Crippen molar-refractivity contribution >= 4 is 35.8 Å². The lowest BCUT2D eigenvalue weighted by Crippen LogP contribution is -2.14. The van der Waals surface area contributed by atoms with E-state index in [0.717, 1.165) is 51.4 Å². The van der Waals surface area contributed by atoms with Crippen LogP contribution >= 0.6 is 0 Å². The van der Waals surface area contributed by atoms with Crippen LogP contribution in [0.25, 0.3) is 0 Å². The standard InChI is InChI=1S/2C16H22O4.C4H6O4/c2*1-3-5-11-19-15(17)13-9-7-8-10-14(13)16(18)20-12-6-4-2;5-3(6)1-2-4(7)8/h2*7-10H,3-6,11-12H2,1-2H3;1-2H2,(H,5,6)(H,7,8). The van der Waals surface area contributed by atoms with Crippen LogP contribution in [-0.4, -0.2) is 72.5 Å². The Balaban J connectivity index is 0.000000754. The molecule has 0 aliphatic rings. The summed E-state index contributed by atoms with van der Waals surface area (Å²) in [5.41, 5.74) is 1.07. The van der Waals surface area contributed by atoms with Gasteiger partial charge >= 0.3 is 35.8 Å². The van der Waals surface area contributed by atoms with E-state index in [1.165, 1.54) is 0 Å². The van der Waals surface area contributed by atoms with Crippen molar-refractivity contribution in [3.63, 3.8) is 0 Å². The molecule has 2 aromatic carbocycles. The monoisotopic (exact) mass is 674 g/mol. The van der Waals surface area contributed by atoms with Crippen LogP contribution in [0.15, 0.2) is 48.5 Å². The molecule has 0 saturated heterocycles. The molecule has 2 rings (SSSR count). The average Bonchev–Trinajstić information content (AvgIpc) is 3.08. The zero-order valence-electron chi connectivity index (χ0n) is 28.5. The number of benzene rings is 2. The Bertz CT molecular complexity index is 1090. The van der Waals surface area contributed by atoms with Crippen molar-refractivity contribution in [3.8, 4) is 0 Å². The predicted molar refractivity (Wildman–Crippen MR) is 178 cm³/mol. The van der Waals surface area contributed by atoms with Crippen LogP contribution in [0.1, 0.15) is 133 Å². The van der Waals surface area contributed by atoms with Crippen LogP contribution in [0.3, 0.4) is 0 Å². The number of carboxylic acids is 2. The zero-order chi connectivity index (χ0) is 36.2. The maximum atomic E-state index is 11.9. The first-order valence-corrected chi connectivity index (χ1v) is 16.3. The number of unbranched alkanes of at least 4 members (excludes halogenated alkanes) is 4. The van der Waals surface area contributed by atoms with Crippen molar-refractivity contribution in [1.82, 2.24) is 0 Å². The molecule has 0 aliphatic heterocycles. The van der Waals surface area contributed by atoms with E-state index in [1.807, 2.05) is 27.7 Å². The predicted octanol–water partition coefficient (Wildman–Crippen LogP) is 7.14. The Morgan fingerprint density at radius 3 is 0.812 bits per heavy atom. The molecule has 266 valence electrons. The summed E-state index contributed by atoms with van der Waals surface area (Å²) in [5, 5.41) is 15.8. The molecule has 0 bridgehead atoms. The first-order valence-electron chi connectivity index (χ1n) is 16.3. The minimum absolute atomic E-state index is 0.269. The first-order chi connectivity index (χ1) is 23.0. The Morgan fingerprint density at radius 1 is 0.438 bits per heavy atom. The van der Waals surface area contributed by atoms with Crippen LogP contribution in [0, 0.1) is 0 Å². The summed E-state index contributed by atoms with van der Waals surface area (Å²) in [6, 6.07) is 13.2. The molecule has 0 saturated carbocycles. The molecule has 48 heavy (non-hydrogen) atoms. The van der Waals surface area contributed by atoms with Crippen LogP contribution < -0.4 is 0 Å². The minimum Gasteiger partial charge on any atom is -0.481 e. The summed E-state index contributed by atoms with van der Waals surface area (Å²) in [6.45, 7) is 9.56. The van der Waals surface area contributed by atoms with Gasteiger partial charge in [-0.3, -0.25) is 9.59 Å². The largest absolute Gasteiger partial charge is 0.481 e. The second kappa shape index (κ2) is 27.4. The van der Waals surface area contributed by atoms with Gasteiger partial charge in [0.1, 0.15) is 0 Å². The quantitative estimate of drug-likeness (QED) is 0.0875. The second-order valence-electron chi connectivity index (χ2n) is 10.3. The van der Waals surface area contributed by atoms with Gasteiger partial charge in [-0.25, -0.2) is 19.2 Å². The van der Waals surface area contributed by atoms with Gasteiger partial charge in [0.05, 0.1) is 61.5 Å². The molecule has 0 atom stereocenters. The van der Waals surface area contributed by atoms with Crippen molar-refractivity contribution in [2.75, 3.05) is 26.4 Å². The number of hydrogen-bond acceptors (Lipinski definition) is 10. The number of carboxylic acid groups (broad SMARTS) is 2. The third-order valence-corrected chi connectivity index (χ3v) is 6.21.